The van der Waals surface area contributed by atoms with Crippen LogP contribution in [0, 0.1) is 0 Å². The third kappa shape index (κ3) is 1780. The zero-order chi connectivity index (χ0) is 3.58. The van der Waals surface area contributed by atoms with Gasteiger partial charge >= 0.3 is 27.3 Å². The molecule has 0 bridgehead atoms. The van der Waals surface area contributed by atoms with Crippen LogP contribution in [0.25, 0.3) is 0 Å². The van der Waals surface area contributed by atoms with Crippen LogP contribution in [0.1, 0.15) is 0 Å². The minimum absolute atomic E-state index is 0. The molecular weight excluding hydrogens is 283 g/mol. The van der Waals surface area contributed by atoms with Crippen molar-refractivity contribution >= 4 is 33.5 Å². The van der Waals surface area contributed by atoms with Gasteiger partial charge in [-0.15, -0.1) is 0 Å². The molecular formula is CHO4Pb. The fourth-order valence-electron chi connectivity index (χ4n) is 0. The number of hydrogen-bond donors (Lipinski definition) is 0. The Labute approximate surface area is 54.3 Å². The minimum Gasteiger partial charge on any atom is -0.870 e. The predicted octanol–water partition coefficient (Wildman–Crippen LogP) is -3.00. The van der Waals surface area contributed by atoms with Crippen molar-refractivity contribution in [3.63, 3.8) is 0 Å². The van der Waals surface area contributed by atoms with Gasteiger partial charge in [0.25, 0.3) is 0 Å². The van der Waals surface area contributed by atoms with Gasteiger partial charge in [-0.2, -0.15) is 0 Å². The molecule has 0 spiro atoms. The van der Waals surface area contributed by atoms with Crippen LogP contribution < -0.4 is 10.2 Å². The van der Waals surface area contributed by atoms with E-state index in [2.05, 4.69) is 0 Å². The molecule has 0 aromatic carbocycles. The fraction of sp³-hybridized carbons (Fsp3) is 0. The van der Waals surface area contributed by atoms with Gasteiger partial charge in [-0.25, -0.2) is 0 Å². The van der Waals surface area contributed by atoms with E-state index in [-0.39, 0.29) is 32.8 Å². The Morgan fingerprint density at radius 3 is 1.33 bits per heavy atom. The first kappa shape index (κ1) is 16.4. The van der Waals surface area contributed by atoms with Gasteiger partial charge in [-0.1, -0.05) is 0 Å². The predicted molar refractivity (Wildman–Crippen MR) is 13.1 cm³/mol. The van der Waals surface area contributed by atoms with Crippen LogP contribution in [0.5, 0.6) is 0 Å². The first-order valence-corrected chi connectivity index (χ1v) is 0.612. The molecule has 0 aromatic heterocycles. The second kappa shape index (κ2) is 8.94. The molecule has 1 radical (unpaired) electrons. The summed E-state index contributed by atoms with van der Waals surface area (Å²) in [6, 6.07) is 0. The largest absolute Gasteiger partial charge is 3.00 e. The third-order valence-corrected chi connectivity index (χ3v) is 0. The molecule has 0 atom stereocenters. The van der Waals surface area contributed by atoms with Crippen LogP contribution >= 0.6 is 0 Å². The number of carbonyl (C=O) groups excluding carboxylic acids is 1. The maximum atomic E-state index is 8.33. The van der Waals surface area contributed by atoms with Crippen LogP contribution in [-0.4, -0.2) is 38.9 Å². The van der Waals surface area contributed by atoms with Gasteiger partial charge in [0, 0.05) is 0 Å². The average molecular weight is 284 g/mol. The number of rotatable bonds is 0. The molecule has 5 heteroatoms. The molecule has 0 fully saturated rings. The summed E-state index contributed by atoms with van der Waals surface area (Å²) in [5.74, 6) is 0. The van der Waals surface area contributed by atoms with Crippen molar-refractivity contribution in [2.24, 2.45) is 0 Å². The van der Waals surface area contributed by atoms with Crippen LogP contribution in [0.4, 0.5) is 4.79 Å². The fourth-order valence-corrected chi connectivity index (χ4v) is 0. The summed E-state index contributed by atoms with van der Waals surface area (Å²) < 4.78 is 0. The van der Waals surface area contributed by atoms with E-state index in [1.165, 1.54) is 0 Å². The zero-order valence-electron chi connectivity index (χ0n) is 2.67. The molecule has 0 aliphatic heterocycles. The quantitative estimate of drug-likeness (QED) is 0.443. The first-order valence-electron chi connectivity index (χ1n) is 0.612. The summed E-state index contributed by atoms with van der Waals surface area (Å²) in [6.07, 6.45) is -2.33. The van der Waals surface area contributed by atoms with E-state index in [4.69, 9.17) is 15.0 Å². The Kier molecular flexibility index (Phi) is 24.5. The number of carboxylic acid groups (broad SMARTS) is 2. The molecule has 0 amide bonds. The smallest absolute Gasteiger partial charge is 0.870 e. The molecule has 33 valence electrons. The van der Waals surface area contributed by atoms with Crippen molar-refractivity contribution in [1.29, 1.82) is 0 Å². The van der Waals surface area contributed by atoms with Crippen molar-refractivity contribution in [3.05, 3.63) is 0 Å². The summed E-state index contributed by atoms with van der Waals surface area (Å²) in [5.41, 5.74) is 0. The van der Waals surface area contributed by atoms with Crippen LogP contribution in [-0.2, 0) is 0 Å². The van der Waals surface area contributed by atoms with Crippen molar-refractivity contribution < 1.29 is 20.5 Å². The standard InChI is InChI=1S/CH2O3.H2O.Pb/c2-1(3)4;;/h(H2,2,3,4);1H2;/q;;+3/p-3. The number of hydrogen-bond acceptors (Lipinski definition) is 4. The average Bonchev–Trinajstić information content (AvgIpc) is 0.811. The topological polar surface area (TPSA) is 93.2 Å². The van der Waals surface area contributed by atoms with Crippen molar-refractivity contribution in [1.82, 2.24) is 0 Å². The Bertz CT molecular complexity index is 30.5. The maximum Gasteiger partial charge on any atom is 3.00 e. The molecule has 0 aliphatic carbocycles. The maximum absolute atomic E-state index is 8.33. The van der Waals surface area contributed by atoms with E-state index in [1.807, 2.05) is 0 Å². The summed E-state index contributed by atoms with van der Waals surface area (Å²) >= 11 is 0. The molecule has 0 saturated carbocycles. The van der Waals surface area contributed by atoms with Crippen LogP contribution in [0.2, 0.25) is 0 Å². The monoisotopic (exact) mass is 285 g/mol. The second-order valence-corrected chi connectivity index (χ2v) is 0.250. The molecule has 0 aromatic rings. The van der Waals surface area contributed by atoms with Crippen LogP contribution in [0.3, 0.4) is 0 Å². The van der Waals surface area contributed by atoms with Crippen LogP contribution in [0.15, 0.2) is 0 Å². The van der Waals surface area contributed by atoms with E-state index in [1.54, 1.807) is 0 Å². The number of carbonyl (C=O) groups is 1. The molecule has 6 heavy (non-hydrogen) atoms. The van der Waals surface area contributed by atoms with E-state index in [9.17, 15) is 0 Å². The summed E-state index contributed by atoms with van der Waals surface area (Å²) in [4.78, 5) is 8.33. The third-order valence-electron chi connectivity index (χ3n) is 0. The van der Waals surface area contributed by atoms with Gasteiger partial charge in [-0.3, -0.25) is 0 Å². The second-order valence-electron chi connectivity index (χ2n) is 0.250. The summed E-state index contributed by atoms with van der Waals surface area (Å²) in [7, 11) is 0. The molecule has 4 nitrogen and oxygen atoms in total. The Balaban J connectivity index is -0.0000000450. The zero-order valence-corrected chi connectivity index (χ0v) is 6.56. The van der Waals surface area contributed by atoms with E-state index in [0.717, 1.165) is 0 Å². The van der Waals surface area contributed by atoms with Gasteiger partial charge in [0.05, 0.1) is 0 Å². The van der Waals surface area contributed by atoms with Crippen molar-refractivity contribution in [2.45, 2.75) is 0 Å². The Hall–Kier alpha value is 0.152. The van der Waals surface area contributed by atoms with Gasteiger partial charge in [-0.05, 0) is 6.16 Å². The van der Waals surface area contributed by atoms with E-state index >= 15 is 0 Å². The van der Waals surface area contributed by atoms with Gasteiger partial charge in [0.1, 0.15) is 0 Å². The Morgan fingerprint density at radius 1 is 1.33 bits per heavy atom. The molecule has 0 aliphatic rings. The van der Waals surface area contributed by atoms with E-state index < -0.39 is 6.16 Å². The SMILES string of the molecule is O=C([O-])[O-].[OH-].[Pb+3]. The summed E-state index contributed by atoms with van der Waals surface area (Å²) in [6.45, 7) is 0. The van der Waals surface area contributed by atoms with E-state index in [0.29, 0.717) is 0 Å². The molecule has 0 rings (SSSR count). The van der Waals surface area contributed by atoms with Gasteiger partial charge < -0.3 is 20.5 Å². The van der Waals surface area contributed by atoms with Crippen molar-refractivity contribution in [2.75, 3.05) is 0 Å². The normalized spacial score (nSPS) is 4.00. The molecule has 1 N–H and O–H groups in total. The summed E-state index contributed by atoms with van der Waals surface area (Å²) in [5, 5.41) is 16.7. The van der Waals surface area contributed by atoms with Gasteiger partial charge in [0.2, 0.25) is 0 Å². The van der Waals surface area contributed by atoms with Gasteiger partial charge in [0.15, 0.2) is 0 Å². The molecule has 0 heterocycles. The molecule has 0 unspecified atom stereocenters. The molecule has 0 saturated heterocycles. The minimum atomic E-state index is -2.33. The first-order chi connectivity index (χ1) is 1.73. The van der Waals surface area contributed by atoms with Crippen molar-refractivity contribution in [3.8, 4) is 0 Å². The Morgan fingerprint density at radius 2 is 1.33 bits per heavy atom.